The van der Waals surface area contributed by atoms with Crippen molar-refractivity contribution in [2.24, 2.45) is 4.40 Å². The van der Waals surface area contributed by atoms with Crippen molar-refractivity contribution in [2.75, 3.05) is 39.1 Å². The molecule has 6 nitrogen and oxygen atoms in total. The summed E-state index contributed by atoms with van der Waals surface area (Å²) in [6.07, 6.45) is 2.70. The summed E-state index contributed by atoms with van der Waals surface area (Å²) >= 11 is 12.6. The first-order chi connectivity index (χ1) is 13.9. The fraction of sp³-hybridized carbons (Fsp3) is 0.421. The van der Waals surface area contributed by atoms with Crippen LogP contribution in [0, 0.1) is 0 Å². The SMILES string of the molecule is CN(C)/C=N\S(=O)(=O)c1ccc(-c2ccc(OCCCCl)c(OCCCCl)c2)s1. The van der Waals surface area contributed by atoms with E-state index in [0.29, 0.717) is 42.9 Å². The van der Waals surface area contributed by atoms with Gasteiger partial charge in [-0.05, 0) is 48.7 Å². The van der Waals surface area contributed by atoms with Gasteiger partial charge in [0, 0.05) is 30.7 Å². The lowest BCUT2D eigenvalue weighted by molar-refractivity contribution is 0.269. The number of nitrogens with zero attached hydrogens (tertiary/aromatic N) is 2. The van der Waals surface area contributed by atoms with Crippen molar-refractivity contribution in [3.05, 3.63) is 30.3 Å². The van der Waals surface area contributed by atoms with E-state index in [2.05, 4.69) is 4.40 Å². The molecule has 0 aliphatic carbocycles. The minimum Gasteiger partial charge on any atom is -0.490 e. The van der Waals surface area contributed by atoms with Crippen LogP contribution in [-0.4, -0.2) is 58.7 Å². The van der Waals surface area contributed by atoms with E-state index >= 15 is 0 Å². The molecule has 2 aromatic rings. The highest BCUT2D eigenvalue weighted by Gasteiger charge is 2.17. The highest BCUT2D eigenvalue weighted by atomic mass is 35.5. The second kappa shape index (κ2) is 11.6. The molecule has 0 unspecified atom stereocenters. The molecule has 0 bridgehead atoms. The molecule has 0 saturated carbocycles. The Morgan fingerprint density at radius 3 is 2.31 bits per heavy atom. The van der Waals surface area contributed by atoms with Crippen molar-refractivity contribution in [1.82, 2.24) is 4.90 Å². The van der Waals surface area contributed by atoms with Crippen LogP contribution in [0.1, 0.15) is 12.8 Å². The van der Waals surface area contributed by atoms with Crippen molar-refractivity contribution in [1.29, 1.82) is 0 Å². The smallest absolute Gasteiger partial charge is 0.293 e. The van der Waals surface area contributed by atoms with Gasteiger partial charge in [-0.25, -0.2) is 0 Å². The molecule has 1 aromatic heterocycles. The van der Waals surface area contributed by atoms with Gasteiger partial charge in [0.25, 0.3) is 10.0 Å². The van der Waals surface area contributed by atoms with Gasteiger partial charge < -0.3 is 14.4 Å². The standard InChI is InChI=1S/C19H24Cl2N2O4S2/c1-23(2)14-22-29(24,25)19-8-7-18(28-19)15-5-6-16(26-11-3-9-20)17(13-15)27-12-4-10-21/h5-8,13-14H,3-4,9-12H2,1-2H3/b22-14-. The van der Waals surface area contributed by atoms with Crippen LogP contribution in [0.15, 0.2) is 38.9 Å². The molecule has 0 N–H and O–H groups in total. The van der Waals surface area contributed by atoms with Crippen molar-refractivity contribution < 1.29 is 17.9 Å². The van der Waals surface area contributed by atoms with Gasteiger partial charge in [0.15, 0.2) is 11.5 Å². The lowest BCUT2D eigenvalue weighted by Crippen LogP contribution is -2.09. The van der Waals surface area contributed by atoms with Crippen LogP contribution in [0.2, 0.25) is 0 Å². The van der Waals surface area contributed by atoms with Crippen LogP contribution in [0.25, 0.3) is 10.4 Å². The maximum atomic E-state index is 12.3. The van der Waals surface area contributed by atoms with Gasteiger partial charge in [-0.3, -0.25) is 0 Å². The number of benzene rings is 1. The van der Waals surface area contributed by atoms with Crippen LogP contribution in [0.5, 0.6) is 11.5 Å². The molecule has 1 aromatic carbocycles. The first kappa shape index (κ1) is 23.8. The summed E-state index contributed by atoms with van der Waals surface area (Å²) in [4.78, 5) is 2.36. The molecule has 0 aliphatic rings. The normalized spacial score (nSPS) is 11.7. The number of thiophene rings is 1. The number of sulfonamides is 1. The Bertz CT molecular complexity index is 915. The number of ether oxygens (including phenoxy) is 2. The van der Waals surface area contributed by atoms with E-state index in [0.717, 1.165) is 28.2 Å². The molecule has 1 heterocycles. The molecule has 10 heteroatoms. The quantitative estimate of drug-likeness (QED) is 0.191. The predicted octanol–water partition coefficient (Wildman–Crippen LogP) is 4.71. The van der Waals surface area contributed by atoms with Gasteiger partial charge in [-0.2, -0.15) is 8.42 Å². The lowest BCUT2D eigenvalue weighted by atomic mass is 10.1. The van der Waals surface area contributed by atoms with Crippen LogP contribution >= 0.6 is 34.5 Å². The second-order valence-corrected chi connectivity index (χ2v) is 9.92. The summed E-state index contributed by atoms with van der Waals surface area (Å²) in [7, 11) is -0.311. The zero-order valence-corrected chi connectivity index (χ0v) is 19.5. The van der Waals surface area contributed by atoms with Gasteiger partial charge in [-0.1, -0.05) is 0 Å². The molecule has 0 radical (unpaired) electrons. The maximum Gasteiger partial charge on any atom is 0.293 e. The van der Waals surface area contributed by atoms with Crippen molar-refractivity contribution in [3.63, 3.8) is 0 Å². The predicted molar refractivity (Wildman–Crippen MR) is 121 cm³/mol. The number of alkyl halides is 2. The van der Waals surface area contributed by atoms with Crippen LogP contribution in [0.3, 0.4) is 0 Å². The van der Waals surface area contributed by atoms with Gasteiger partial charge in [0.05, 0.1) is 13.2 Å². The Hall–Kier alpha value is -1.48. The zero-order valence-electron chi connectivity index (χ0n) is 16.3. The highest BCUT2D eigenvalue weighted by Crippen LogP contribution is 2.37. The molecule has 29 heavy (non-hydrogen) atoms. The Morgan fingerprint density at radius 2 is 1.69 bits per heavy atom. The summed E-state index contributed by atoms with van der Waals surface area (Å²) in [5.41, 5.74) is 0.832. The molecular formula is C19H24Cl2N2O4S2. The minimum absolute atomic E-state index is 0.178. The molecule has 0 aliphatic heterocycles. The molecule has 160 valence electrons. The molecule has 0 fully saturated rings. The van der Waals surface area contributed by atoms with E-state index in [1.807, 2.05) is 18.2 Å². The largest absolute Gasteiger partial charge is 0.490 e. The summed E-state index contributed by atoms with van der Waals surface area (Å²) < 4.78 is 40.1. The number of rotatable bonds is 12. The van der Waals surface area contributed by atoms with Gasteiger partial charge in [0.1, 0.15) is 10.5 Å². The molecular weight excluding hydrogens is 455 g/mol. The van der Waals surface area contributed by atoms with E-state index in [1.165, 1.54) is 6.34 Å². The second-order valence-electron chi connectivity index (χ2n) is 6.22. The third-order valence-corrected chi connectivity index (χ3v) is 6.91. The number of hydrogen-bond acceptors (Lipinski definition) is 5. The van der Waals surface area contributed by atoms with E-state index in [4.69, 9.17) is 32.7 Å². The highest BCUT2D eigenvalue weighted by molar-refractivity contribution is 7.92. The van der Waals surface area contributed by atoms with E-state index in [1.54, 1.807) is 31.1 Å². The fourth-order valence-electron chi connectivity index (χ4n) is 2.19. The third kappa shape index (κ3) is 7.37. The maximum absolute atomic E-state index is 12.3. The monoisotopic (exact) mass is 478 g/mol. The Morgan fingerprint density at radius 1 is 1.03 bits per heavy atom. The van der Waals surface area contributed by atoms with E-state index in [9.17, 15) is 8.42 Å². The summed E-state index contributed by atoms with van der Waals surface area (Å²) in [6, 6.07) is 8.85. The van der Waals surface area contributed by atoms with E-state index < -0.39 is 10.0 Å². The zero-order chi connectivity index (χ0) is 21.3. The summed E-state index contributed by atoms with van der Waals surface area (Å²) in [5.74, 6) is 2.23. The van der Waals surface area contributed by atoms with Gasteiger partial charge in [-0.15, -0.1) is 38.9 Å². The molecule has 2 rings (SSSR count). The summed E-state index contributed by atoms with van der Waals surface area (Å²) in [5, 5.41) is 0. The van der Waals surface area contributed by atoms with Crippen molar-refractivity contribution in [2.45, 2.75) is 17.1 Å². The van der Waals surface area contributed by atoms with Gasteiger partial charge >= 0.3 is 0 Å². The Labute approximate surface area is 186 Å². The van der Waals surface area contributed by atoms with Crippen LogP contribution < -0.4 is 9.47 Å². The van der Waals surface area contributed by atoms with Crippen LogP contribution in [-0.2, 0) is 10.0 Å². The molecule has 0 spiro atoms. The summed E-state index contributed by atoms with van der Waals surface area (Å²) in [6.45, 7) is 0.947. The fourth-order valence-corrected chi connectivity index (χ4v) is 4.62. The molecule has 0 amide bonds. The minimum atomic E-state index is -3.73. The topological polar surface area (TPSA) is 68.2 Å². The number of halogens is 2. The first-order valence-electron chi connectivity index (χ1n) is 8.96. The van der Waals surface area contributed by atoms with Crippen LogP contribution in [0.4, 0.5) is 0 Å². The number of hydrogen-bond donors (Lipinski definition) is 0. The van der Waals surface area contributed by atoms with Gasteiger partial charge in [0.2, 0.25) is 0 Å². The Balaban J connectivity index is 2.27. The van der Waals surface area contributed by atoms with Crippen molar-refractivity contribution >= 4 is 50.9 Å². The Kier molecular flexibility index (Phi) is 9.55. The van der Waals surface area contributed by atoms with E-state index in [-0.39, 0.29) is 4.21 Å². The average Bonchev–Trinajstić information content (AvgIpc) is 3.19. The molecule has 0 atom stereocenters. The van der Waals surface area contributed by atoms with Crippen molar-refractivity contribution in [3.8, 4) is 21.9 Å². The molecule has 0 saturated heterocycles. The third-order valence-electron chi connectivity index (χ3n) is 3.55. The lowest BCUT2D eigenvalue weighted by Gasteiger charge is -2.13. The average molecular weight is 479 g/mol. The first-order valence-corrected chi connectivity index (χ1v) is 12.3.